The summed E-state index contributed by atoms with van der Waals surface area (Å²) in [6, 6.07) is 51.2. The monoisotopic (exact) mass is 771 g/mol. The first-order valence-electron chi connectivity index (χ1n) is 14.9. The molecular formula is C41H26IrN2O2-2. The zero-order chi connectivity index (χ0) is 30.0. The summed E-state index contributed by atoms with van der Waals surface area (Å²) >= 11 is 0. The third kappa shape index (κ3) is 5.52. The van der Waals surface area contributed by atoms with E-state index in [1.165, 1.54) is 11.1 Å². The zero-order valence-corrected chi connectivity index (χ0v) is 27.0. The molecule has 4 aromatic heterocycles. The Labute approximate surface area is 279 Å². The van der Waals surface area contributed by atoms with Gasteiger partial charge < -0.3 is 18.8 Å². The summed E-state index contributed by atoms with van der Waals surface area (Å²) in [6.45, 7) is 0. The maximum Gasteiger partial charge on any atom is 0.120 e. The molecule has 0 aliphatic carbocycles. The molecule has 5 heteroatoms. The Morgan fingerprint density at radius 3 is 1.80 bits per heavy atom. The number of hydrogen-bond donors (Lipinski definition) is 0. The molecule has 0 bridgehead atoms. The van der Waals surface area contributed by atoms with E-state index in [0.717, 1.165) is 72.8 Å². The van der Waals surface area contributed by atoms with Crippen LogP contribution in [0, 0.1) is 12.1 Å². The van der Waals surface area contributed by atoms with Gasteiger partial charge in [0.2, 0.25) is 0 Å². The van der Waals surface area contributed by atoms with E-state index in [1.54, 1.807) is 12.4 Å². The van der Waals surface area contributed by atoms with Gasteiger partial charge in [0.1, 0.15) is 11.2 Å². The fourth-order valence-electron chi connectivity index (χ4n) is 5.88. The molecule has 9 rings (SSSR count). The molecule has 1 radical (unpaired) electrons. The summed E-state index contributed by atoms with van der Waals surface area (Å²) in [5.74, 6) is 0. The Kier molecular flexibility index (Phi) is 8.26. The summed E-state index contributed by atoms with van der Waals surface area (Å²) in [4.78, 5) is 8.87. The van der Waals surface area contributed by atoms with Crippen molar-refractivity contribution in [1.29, 1.82) is 0 Å². The van der Waals surface area contributed by atoms with Crippen LogP contribution in [0.2, 0.25) is 0 Å². The molecule has 4 nitrogen and oxygen atoms in total. The van der Waals surface area contributed by atoms with Crippen molar-refractivity contribution in [2.24, 2.45) is 0 Å². The average Bonchev–Trinajstić information content (AvgIpc) is 3.69. The van der Waals surface area contributed by atoms with Gasteiger partial charge in [-0.25, -0.2) is 0 Å². The smallest absolute Gasteiger partial charge is 0.120 e. The first kappa shape index (κ1) is 29.4. The Morgan fingerprint density at radius 2 is 1.11 bits per heavy atom. The summed E-state index contributed by atoms with van der Waals surface area (Å²) in [5.41, 5.74) is 9.58. The predicted molar refractivity (Wildman–Crippen MR) is 181 cm³/mol. The molecule has 0 fully saturated rings. The largest absolute Gasteiger partial charge is 0.501 e. The maximum atomic E-state index is 6.25. The van der Waals surface area contributed by atoms with Gasteiger partial charge in [0.05, 0.1) is 11.2 Å². The topological polar surface area (TPSA) is 52.1 Å². The second-order valence-electron chi connectivity index (χ2n) is 10.8. The number of aromatic nitrogens is 2. The molecule has 0 saturated heterocycles. The van der Waals surface area contributed by atoms with Crippen molar-refractivity contribution < 1.29 is 28.9 Å². The molecule has 5 aromatic carbocycles. The number of pyridine rings is 2. The number of fused-ring (bicyclic) bond motifs is 6. The molecular weight excluding hydrogens is 745 g/mol. The molecule has 9 aromatic rings. The van der Waals surface area contributed by atoms with Gasteiger partial charge in [0.25, 0.3) is 0 Å². The number of furan rings is 2. The molecule has 0 aliphatic rings. The van der Waals surface area contributed by atoms with Crippen molar-refractivity contribution in [2.75, 3.05) is 0 Å². The van der Waals surface area contributed by atoms with Gasteiger partial charge >= 0.3 is 0 Å². The van der Waals surface area contributed by atoms with Crippen molar-refractivity contribution in [3.8, 4) is 22.5 Å². The SMILES string of the molecule is [Ir].[c-]1cc(Cc2ccccc2)c2c(oc3ccccc32)c1-c1ccccn1.[c-]1ccc2c(oc3ccccc32)c1-c1ccccn1. The number of benzene rings is 5. The fraction of sp³-hybridized carbons (Fsp3) is 0.0244. The van der Waals surface area contributed by atoms with Crippen LogP contribution < -0.4 is 0 Å². The standard InChI is InChI=1S/C24H16NO.C17H10NO.Ir/c1-2-8-17(9-3-1)16-18-13-14-19(21-11-6-7-15-25-21)24-23(18)20-10-4-5-12-22(20)26-24;1-2-10-16-12(6-1)13-7-5-8-14(17(13)19-16)15-9-3-4-11-18-15;/h1-13,15H,16H2;1-7,9-11H;/q2*-1;. The van der Waals surface area contributed by atoms with Crippen molar-refractivity contribution in [1.82, 2.24) is 9.97 Å². The minimum absolute atomic E-state index is 0. The fourth-order valence-corrected chi connectivity index (χ4v) is 5.88. The Hall–Kier alpha value is -5.35. The van der Waals surface area contributed by atoms with E-state index < -0.39 is 0 Å². The van der Waals surface area contributed by atoms with E-state index in [-0.39, 0.29) is 20.1 Å². The molecule has 0 saturated carbocycles. The quantitative estimate of drug-likeness (QED) is 0.167. The van der Waals surface area contributed by atoms with E-state index in [4.69, 9.17) is 8.83 Å². The van der Waals surface area contributed by atoms with Crippen LogP contribution in [0.3, 0.4) is 0 Å². The molecule has 223 valence electrons. The summed E-state index contributed by atoms with van der Waals surface area (Å²) in [6.07, 6.45) is 4.43. The molecule has 0 N–H and O–H groups in total. The van der Waals surface area contributed by atoms with Crippen molar-refractivity contribution in [3.05, 3.63) is 169 Å². The van der Waals surface area contributed by atoms with Crippen LogP contribution in [-0.2, 0) is 26.5 Å². The molecule has 0 unspecified atom stereocenters. The van der Waals surface area contributed by atoms with Crippen molar-refractivity contribution in [2.45, 2.75) is 6.42 Å². The first-order chi connectivity index (χ1) is 22.3. The normalized spacial score (nSPS) is 11.0. The van der Waals surface area contributed by atoms with Gasteiger partial charge in [-0.05, 0) is 42.1 Å². The van der Waals surface area contributed by atoms with E-state index >= 15 is 0 Å². The van der Waals surface area contributed by atoms with E-state index in [0.29, 0.717) is 0 Å². The number of para-hydroxylation sites is 2. The van der Waals surface area contributed by atoms with Gasteiger partial charge in [0.15, 0.2) is 0 Å². The van der Waals surface area contributed by atoms with Crippen LogP contribution in [0.25, 0.3) is 66.4 Å². The van der Waals surface area contributed by atoms with E-state index in [9.17, 15) is 0 Å². The Bertz CT molecular complexity index is 2400. The summed E-state index contributed by atoms with van der Waals surface area (Å²) in [7, 11) is 0. The number of hydrogen-bond acceptors (Lipinski definition) is 4. The van der Waals surface area contributed by atoms with E-state index in [1.807, 2.05) is 84.9 Å². The summed E-state index contributed by atoms with van der Waals surface area (Å²) < 4.78 is 12.2. The summed E-state index contributed by atoms with van der Waals surface area (Å²) in [5, 5.41) is 4.53. The predicted octanol–water partition coefficient (Wildman–Crippen LogP) is 10.5. The average molecular weight is 771 g/mol. The Morgan fingerprint density at radius 1 is 0.522 bits per heavy atom. The van der Waals surface area contributed by atoms with Gasteiger partial charge in [-0.1, -0.05) is 118 Å². The van der Waals surface area contributed by atoms with Gasteiger partial charge in [-0.3, -0.25) is 0 Å². The molecule has 0 atom stereocenters. The second kappa shape index (κ2) is 12.9. The third-order valence-corrected chi connectivity index (χ3v) is 7.95. The molecule has 0 aliphatic heterocycles. The first-order valence-corrected chi connectivity index (χ1v) is 14.9. The van der Waals surface area contributed by atoms with Gasteiger partial charge in [-0.2, -0.15) is 0 Å². The minimum Gasteiger partial charge on any atom is -0.501 e. The molecule has 0 spiro atoms. The molecule has 4 heterocycles. The van der Waals surface area contributed by atoms with Crippen LogP contribution in [0.15, 0.2) is 155 Å². The minimum atomic E-state index is 0. The number of rotatable bonds is 4. The van der Waals surface area contributed by atoms with Gasteiger partial charge in [0, 0.05) is 43.3 Å². The van der Waals surface area contributed by atoms with E-state index in [2.05, 4.69) is 70.6 Å². The zero-order valence-electron chi connectivity index (χ0n) is 24.6. The molecule has 46 heavy (non-hydrogen) atoms. The van der Waals surface area contributed by atoms with Crippen molar-refractivity contribution >= 4 is 43.9 Å². The van der Waals surface area contributed by atoms with Crippen LogP contribution in [0.1, 0.15) is 11.1 Å². The molecule has 0 amide bonds. The second-order valence-corrected chi connectivity index (χ2v) is 10.8. The maximum absolute atomic E-state index is 6.25. The van der Waals surface area contributed by atoms with Crippen LogP contribution in [-0.4, -0.2) is 9.97 Å². The van der Waals surface area contributed by atoms with Crippen LogP contribution in [0.5, 0.6) is 0 Å². The van der Waals surface area contributed by atoms with Crippen LogP contribution >= 0.6 is 0 Å². The third-order valence-electron chi connectivity index (χ3n) is 7.95. The van der Waals surface area contributed by atoms with Crippen molar-refractivity contribution in [3.63, 3.8) is 0 Å². The van der Waals surface area contributed by atoms with Gasteiger partial charge in [-0.15, -0.1) is 35.9 Å². The van der Waals surface area contributed by atoms with Crippen LogP contribution in [0.4, 0.5) is 0 Å². The Balaban J connectivity index is 0.000000150. The number of nitrogens with zero attached hydrogens (tertiary/aromatic N) is 2.